The number of aromatic amines is 1. The van der Waals surface area contributed by atoms with Crippen LogP contribution in [0, 0.1) is 0 Å². The first-order valence-electron chi connectivity index (χ1n) is 6.62. The number of ether oxygens (including phenoxy) is 1. The standard InChI is InChI=1S/C16H15ClN2OS/c1-10(12-5-3-4-6-13(12)17)21-16-18-14-8-7-11(20-2)9-15(14)19-16/h3-10H,1-2H3,(H,18,19)/t10-/m0/s1. The van der Waals surface area contributed by atoms with Gasteiger partial charge in [0.25, 0.3) is 0 Å². The van der Waals surface area contributed by atoms with E-state index in [1.165, 1.54) is 0 Å². The van der Waals surface area contributed by atoms with Crippen LogP contribution in [0.25, 0.3) is 11.0 Å². The molecule has 0 aliphatic heterocycles. The van der Waals surface area contributed by atoms with Crippen molar-refractivity contribution in [3.05, 3.63) is 53.1 Å². The van der Waals surface area contributed by atoms with Gasteiger partial charge in [0.1, 0.15) is 5.75 Å². The Labute approximate surface area is 132 Å². The first-order chi connectivity index (χ1) is 10.2. The van der Waals surface area contributed by atoms with Gasteiger partial charge in [0, 0.05) is 16.3 Å². The average molecular weight is 319 g/mol. The quantitative estimate of drug-likeness (QED) is 0.682. The minimum Gasteiger partial charge on any atom is -0.497 e. The topological polar surface area (TPSA) is 37.9 Å². The first kappa shape index (κ1) is 14.3. The molecule has 0 aliphatic carbocycles. The smallest absolute Gasteiger partial charge is 0.166 e. The van der Waals surface area contributed by atoms with Gasteiger partial charge in [-0.2, -0.15) is 0 Å². The highest BCUT2D eigenvalue weighted by molar-refractivity contribution is 7.99. The molecule has 0 fully saturated rings. The number of rotatable bonds is 4. The highest BCUT2D eigenvalue weighted by atomic mass is 35.5. The second kappa shape index (κ2) is 6.00. The average Bonchev–Trinajstić information content (AvgIpc) is 2.88. The number of hydrogen-bond acceptors (Lipinski definition) is 3. The SMILES string of the molecule is COc1ccc2nc(S[C@@H](C)c3ccccc3Cl)[nH]c2c1. The van der Waals surface area contributed by atoms with Gasteiger partial charge < -0.3 is 9.72 Å². The molecule has 21 heavy (non-hydrogen) atoms. The summed E-state index contributed by atoms with van der Waals surface area (Å²) in [7, 11) is 1.66. The monoisotopic (exact) mass is 318 g/mol. The third kappa shape index (κ3) is 3.01. The normalized spacial score (nSPS) is 12.5. The molecule has 0 amide bonds. The van der Waals surface area contributed by atoms with Crippen molar-refractivity contribution in [2.45, 2.75) is 17.3 Å². The summed E-state index contributed by atoms with van der Waals surface area (Å²) in [6.07, 6.45) is 0. The Kier molecular flexibility index (Phi) is 4.08. The molecule has 3 nitrogen and oxygen atoms in total. The Balaban J connectivity index is 1.86. The Morgan fingerprint density at radius 2 is 2.05 bits per heavy atom. The van der Waals surface area contributed by atoms with Gasteiger partial charge in [0.2, 0.25) is 0 Å². The summed E-state index contributed by atoms with van der Waals surface area (Å²) in [5.41, 5.74) is 3.02. The molecule has 2 aromatic carbocycles. The van der Waals surface area contributed by atoms with E-state index in [1.54, 1.807) is 18.9 Å². The summed E-state index contributed by atoms with van der Waals surface area (Å²) in [4.78, 5) is 7.91. The summed E-state index contributed by atoms with van der Waals surface area (Å²) in [5.74, 6) is 0.821. The molecule has 3 rings (SSSR count). The van der Waals surface area contributed by atoms with Crippen LogP contribution in [0.2, 0.25) is 5.02 Å². The lowest BCUT2D eigenvalue weighted by atomic mass is 10.2. The molecular weight excluding hydrogens is 304 g/mol. The number of hydrogen-bond donors (Lipinski definition) is 1. The maximum Gasteiger partial charge on any atom is 0.166 e. The number of H-pyrrole nitrogens is 1. The third-order valence-electron chi connectivity index (χ3n) is 3.30. The number of methoxy groups -OCH3 is 1. The van der Waals surface area contributed by atoms with Gasteiger partial charge in [-0.1, -0.05) is 41.6 Å². The Hall–Kier alpha value is -1.65. The summed E-state index contributed by atoms with van der Waals surface area (Å²) >= 11 is 7.90. The van der Waals surface area contributed by atoms with Crippen molar-refractivity contribution in [3.8, 4) is 5.75 Å². The van der Waals surface area contributed by atoms with E-state index in [1.807, 2.05) is 42.5 Å². The Morgan fingerprint density at radius 1 is 1.24 bits per heavy atom. The molecule has 5 heteroatoms. The molecule has 1 heterocycles. The van der Waals surface area contributed by atoms with Crippen molar-refractivity contribution in [1.29, 1.82) is 0 Å². The molecule has 0 radical (unpaired) electrons. The molecule has 3 aromatic rings. The van der Waals surface area contributed by atoms with Crippen LogP contribution >= 0.6 is 23.4 Å². The summed E-state index contributed by atoms with van der Waals surface area (Å²) < 4.78 is 5.23. The van der Waals surface area contributed by atoms with Gasteiger partial charge in [-0.05, 0) is 30.7 Å². The molecular formula is C16H15ClN2OS. The third-order valence-corrected chi connectivity index (χ3v) is 4.67. The zero-order chi connectivity index (χ0) is 14.8. The molecule has 1 atom stereocenters. The van der Waals surface area contributed by atoms with Crippen molar-refractivity contribution >= 4 is 34.4 Å². The fourth-order valence-electron chi connectivity index (χ4n) is 2.18. The van der Waals surface area contributed by atoms with Crippen molar-refractivity contribution in [3.63, 3.8) is 0 Å². The van der Waals surface area contributed by atoms with E-state index in [-0.39, 0.29) is 5.25 Å². The molecule has 0 aliphatic rings. The maximum atomic E-state index is 6.24. The van der Waals surface area contributed by atoms with Crippen LogP contribution in [-0.4, -0.2) is 17.1 Å². The highest BCUT2D eigenvalue weighted by Crippen LogP contribution is 2.37. The number of fused-ring (bicyclic) bond motifs is 1. The number of imidazole rings is 1. The van der Waals surface area contributed by atoms with E-state index in [0.29, 0.717) is 0 Å². The molecule has 0 bridgehead atoms. The van der Waals surface area contributed by atoms with E-state index >= 15 is 0 Å². The van der Waals surface area contributed by atoms with Crippen LogP contribution in [0.15, 0.2) is 47.6 Å². The zero-order valence-corrected chi connectivity index (χ0v) is 13.3. The molecule has 1 aromatic heterocycles. The van der Waals surface area contributed by atoms with Crippen LogP contribution in [0.3, 0.4) is 0 Å². The molecule has 108 valence electrons. The minimum atomic E-state index is 0.223. The number of thioether (sulfide) groups is 1. The minimum absolute atomic E-state index is 0.223. The number of nitrogens with zero attached hydrogens (tertiary/aromatic N) is 1. The highest BCUT2D eigenvalue weighted by Gasteiger charge is 2.13. The van der Waals surface area contributed by atoms with E-state index in [0.717, 1.165) is 32.5 Å². The van der Waals surface area contributed by atoms with Gasteiger partial charge in [-0.15, -0.1) is 0 Å². The summed E-state index contributed by atoms with van der Waals surface area (Å²) in [5, 5.41) is 1.89. The Morgan fingerprint density at radius 3 is 2.81 bits per heavy atom. The van der Waals surface area contributed by atoms with E-state index in [2.05, 4.69) is 16.9 Å². The second-order valence-electron chi connectivity index (χ2n) is 4.71. The second-order valence-corrected chi connectivity index (χ2v) is 6.44. The van der Waals surface area contributed by atoms with Crippen LogP contribution < -0.4 is 4.74 Å². The van der Waals surface area contributed by atoms with Gasteiger partial charge in [0.05, 0.1) is 18.1 Å². The Bertz CT molecular complexity index is 772. The first-order valence-corrected chi connectivity index (χ1v) is 7.88. The van der Waals surface area contributed by atoms with Crippen LogP contribution in [0.4, 0.5) is 0 Å². The van der Waals surface area contributed by atoms with Gasteiger partial charge >= 0.3 is 0 Å². The lowest BCUT2D eigenvalue weighted by Gasteiger charge is -2.11. The molecule has 1 N–H and O–H groups in total. The maximum absolute atomic E-state index is 6.24. The number of nitrogens with one attached hydrogen (secondary N) is 1. The van der Waals surface area contributed by atoms with Gasteiger partial charge in [-0.3, -0.25) is 0 Å². The van der Waals surface area contributed by atoms with E-state index in [9.17, 15) is 0 Å². The molecule has 0 unspecified atom stereocenters. The van der Waals surface area contributed by atoms with Crippen molar-refractivity contribution in [2.24, 2.45) is 0 Å². The van der Waals surface area contributed by atoms with Crippen LogP contribution in [0.1, 0.15) is 17.7 Å². The fraction of sp³-hybridized carbons (Fsp3) is 0.188. The fourth-order valence-corrected chi connectivity index (χ4v) is 3.54. The van der Waals surface area contributed by atoms with Gasteiger partial charge in [-0.25, -0.2) is 4.98 Å². The lowest BCUT2D eigenvalue weighted by molar-refractivity contribution is 0.415. The van der Waals surface area contributed by atoms with Crippen molar-refractivity contribution < 1.29 is 4.74 Å². The van der Waals surface area contributed by atoms with Gasteiger partial charge in [0.15, 0.2) is 5.16 Å². The van der Waals surface area contributed by atoms with E-state index in [4.69, 9.17) is 16.3 Å². The zero-order valence-electron chi connectivity index (χ0n) is 11.8. The predicted molar refractivity (Wildman–Crippen MR) is 88.4 cm³/mol. The largest absolute Gasteiger partial charge is 0.497 e. The summed E-state index contributed by atoms with van der Waals surface area (Å²) in [6, 6.07) is 13.7. The van der Waals surface area contributed by atoms with E-state index < -0.39 is 0 Å². The predicted octanol–water partition coefficient (Wildman–Crippen LogP) is 5.08. The van der Waals surface area contributed by atoms with Crippen molar-refractivity contribution in [1.82, 2.24) is 9.97 Å². The molecule has 0 saturated carbocycles. The summed E-state index contributed by atoms with van der Waals surface area (Å²) in [6.45, 7) is 2.12. The number of halogens is 1. The van der Waals surface area contributed by atoms with Crippen LogP contribution in [0.5, 0.6) is 5.75 Å². The molecule has 0 spiro atoms. The lowest BCUT2D eigenvalue weighted by Crippen LogP contribution is -1.90. The number of aromatic nitrogens is 2. The van der Waals surface area contributed by atoms with Crippen molar-refractivity contribution in [2.75, 3.05) is 7.11 Å². The number of benzene rings is 2. The van der Waals surface area contributed by atoms with Crippen LogP contribution in [-0.2, 0) is 0 Å². The molecule has 0 saturated heterocycles.